The number of halogens is 1. The molecule has 0 radical (unpaired) electrons. The van der Waals surface area contributed by atoms with E-state index >= 15 is 0 Å². The lowest BCUT2D eigenvalue weighted by Gasteiger charge is -2.18. The van der Waals surface area contributed by atoms with Gasteiger partial charge < -0.3 is 4.74 Å². The molecule has 156 valence electrons. The Hall–Kier alpha value is -3.29. The van der Waals surface area contributed by atoms with Gasteiger partial charge >= 0.3 is 5.97 Å². The summed E-state index contributed by atoms with van der Waals surface area (Å²) in [4.78, 5) is 34.9. The van der Waals surface area contributed by atoms with Crippen molar-refractivity contribution < 1.29 is 14.3 Å². The third-order valence-corrected chi connectivity index (χ3v) is 5.54. The molecule has 0 spiro atoms. The lowest BCUT2D eigenvalue weighted by atomic mass is 10.1. The van der Waals surface area contributed by atoms with E-state index in [1.165, 1.54) is 23.2 Å². The fraction of sp³-hybridized carbons (Fsp3) is 0.130. The lowest BCUT2D eigenvalue weighted by molar-refractivity contribution is -0.130. The van der Waals surface area contributed by atoms with Crippen molar-refractivity contribution in [2.24, 2.45) is 4.99 Å². The van der Waals surface area contributed by atoms with Crippen molar-refractivity contribution in [3.8, 4) is 0 Å². The number of hydrogen-bond donors (Lipinski definition) is 0. The minimum Gasteiger partial charge on any atom is -0.402 e. The van der Waals surface area contributed by atoms with E-state index in [4.69, 9.17) is 16.3 Å². The molecule has 0 atom stereocenters. The van der Waals surface area contributed by atoms with Crippen LogP contribution in [-0.2, 0) is 14.3 Å². The highest BCUT2D eigenvalue weighted by Crippen LogP contribution is 2.31. The summed E-state index contributed by atoms with van der Waals surface area (Å²) in [7, 11) is 0. The SMILES string of the molecule is CC(=O)N(c1cccc(Cl)c1)c1nc(C=C2N=C(c3cc(C)cc(C)c3)OC2=O)cs1. The molecule has 1 amide bonds. The van der Waals surface area contributed by atoms with Crippen molar-refractivity contribution in [1.29, 1.82) is 0 Å². The molecular weight excluding hydrogens is 434 g/mol. The summed E-state index contributed by atoms with van der Waals surface area (Å²) in [6.45, 7) is 5.40. The van der Waals surface area contributed by atoms with Crippen LogP contribution >= 0.6 is 22.9 Å². The molecule has 1 aliphatic rings. The van der Waals surface area contributed by atoms with Gasteiger partial charge in [0.2, 0.25) is 11.8 Å². The summed E-state index contributed by atoms with van der Waals surface area (Å²) < 4.78 is 5.36. The molecule has 0 unspecified atom stereocenters. The Balaban J connectivity index is 1.65. The number of cyclic esters (lactones) is 1. The summed E-state index contributed by atoms with van der Waals surface area (Å²) in [5.41, 5.74) is 4.14. The van der Waals surface area contributed by atoms with Gasteiger partial charge in [-0.25, -0.2) is 14.8 Å². The highest BCUT2D eigenvalue weighted by Gasteiger charge is 2.25. The van der Waals surface area contributed by atoms with Crippen LogP contribution < -0.4 is 4.90 Å². The Bertz CT molecular complexity index is 1240. The zero-order valence-electron chi connectivity index (χ0n) is 17.0. The van der Waals surface area contributed by atoms with Crippen LogP contribution in [0.2, 0.25) is 5.02 Å². The van der Waals surface area contributed by atoms with E-state index in [2.05, 4.69) is 9.98 Å². The van der Waals surface area contributed by atoms with Gasteiger partial charge in [-0.1, -0.05) is 34.9 Å². The van der Waals surface area contributed by atoms with E-state index in [1.807, 2.05) is 32.0 Å². The molecule has 0 saturated carbocycles. The summed E-state index contributed by atoms with van der Waals surface area (Å²) >= 11 is 7.35. The number of aryl methyl sites for hydroxylation is 2. The van der Waals surface area contributed by atoms with Gasteiger partial charge in [0.25, 0.3) is 0 Å². The third-order valence-electron chi connectivity index (χ3n) is 4.46. The molecule has 1 aliphatic heterocycles. The number of ether oxygens (including phenoxy) is 1. The average Bonchev–Trinajstić information content (AvgIpc) is 3.28. The number of carbonyl (C=O) groups is 2. The van der Waals surface area contributed by atoms with Gasteiger partial charge in [0.05, 0.1) is 11.4 Å². The Morgan fingerprint density at radius 2 is 1.90 bits per heavy atom. The quantitative estimate of drug-likeness (QED) is 0.391. The second kappa shape index (κ2) is 8.45. The molecule has 3 aromatic rings. The molecule has 0 bridgehead atoms. The number of benzene rings is 2. The van der Waals surface area contributed by atoms with E-state index in [1.54, 1.807) is 35.7 Å². The molecular formula is C23H18ClN3O3S. The monoisotopic (exact) mass is 451 g/mol. The smallest absolute Gasteiger partial charge is 0.363 e. The molecule has 8 heteroatoms. The van der Waals surface area contributed by atoms with Gasteiger partial charge in [0, 0.05) is 22.9 Å². The molecule has 0 saturated heterocycles. The van der Waals surface area contributed by atoms with Crippen LogP contribution in [0.5, 0.6) is 0 Å². The van der Waals surface area contributed by atoms with Crippen LogP contribution in [0.1, 0.15) is 29.3 Å². The summed E-state index contributed by atoms with van der Waals surface area (Å²) in [6.07, 6.45) is 1.55. The second-order valence-electron chi connectivity index (χ2n) is 7.10. The highest BCUT2D eigenvalue weighted by molar-refractivity contribution is 7.14. The van der Waals surface area contributed by atoms with Crippen LogP contribution in [0.15, 0.2) is 58.5 Å². The number of esters is 1. The first kappa shape index (κ1) is 21.0. The van der Waals surface area contributed by atoms with Gasteiger partial charge in [0.1, 0.15) is 0 Å². The zero-order chi connectivity index (χ0) is 22.1. The standard InChI is InChI=1S/C23H18ClN3O3S/c1-13-7-14(2)9-16(8-13)21-26-20(22(29)30-21)11-18-12-31-23(25-18)27(15(3)28)19-6-4-5-17(24)10-19/h4-12H,1-3H3. The minimum absolute atomic E-state index is 0.156. The predicted molar refractivity (Wildman–Crippen MR) is 123 cm³/mol. The fourth-order valence-electron chi connectivity index (χ4n) is 3.26. The van der Waals surface area contributed by atoms with Crippen LogP contribution in [0.3, 0.4) is 0 Å². The Morgan fingerprint density at radius 1 is 1.16 bits per heavy atom. The maximum absolute atomic E-state index is 12.3. The van der Waals surface area contributed by atoms with E-state index in [9.17, 15) is 9.59 Å². The third kappa shape index (κ3) is 4.57. The summed E-state index contributed by atoms with van der Waals surface area (Å²) in [6, 6.07) is 12.8. The van der Waals surface area contributed by atoms with Gasteiger partial charge in [-0.2, -0.15) is 0 Å². The first-order valence-corrected chi connectivity index (χ1v) is 10.7. The average molecular weight is 452 g/mol. The highest BCUT2D eigenvalue weighted by atomic mass is 35.5. The molecule has 0 N–H and O–H groups in total. The molecule has 0 aliphatic carbocycles. The Kier molecular flexibility index (Phi) is 5.71. The van der Waals surface area contributed by atoms with Crippen LogP contribution in [0.4, 0.5) is 10.8 Å². The first-order chi connectivity index (χ1) is 14.8. The molecule has 0 fully saturated rings. The maximum atomic E-state index is 12.3. The van der Waals surface area contributed by atoms with E-state index < -0.39 is 5.97 Å². The summed E-state index contributed by atoms with van der Waals surface area (Å²) in [5.74, 6) is -0.476. The van der Waals surface area contributed by atoms with Crippen molar-refractivity contribution >= 4 is 57.6 Å². The molecule has 2 heterocycles. The number of amides is 1. The van der Waals surface area contributed by atoms with Gasteiger partial charge in [-0.05, 0) is 50.3 Å². The van der Waals surface area contributed by atoms with Crippen LogP contribution in [0, 0.1) is 13.8 Å². The maximum Gasteiger partial charge on any atom is 0.363 e. The van der Waals surface area contributed by atoms with Crippen molar-refractivity contribution in [2.75, 3.05) is 4.90 Å². The van der Waals surface area contributed by atoms with E-state index in [0.29, 0.717) is 21.5 Å². The van der Waals surface area contributed by atoms with Crippen molar-refractivity contribution in [1.82, 2.24) is 4.98 Å². The van der Waals surface area contributed by atoms with Gasteiger partial charge in [-0.15, -0.1) is 11.3 Å². The van der Waals surface area contributed by atoms with Gasteiger partial charge in [-0.3, -0.25) is 9.69 Å². The lowest BCUT2D eigenvalue weighted by Crippen LogP contribution is -2.22. The number of anilines is 2. The number of aromatic nitrogens is 1. The molecule has 31 heavy (non-hydrogen) atoms. The van der Waals surface area contributed by atoms with Crippen molar-refractivity contribution in [2.45, 2.75) is 20.8 Å². The summed E-state index contributed by atoms with van der Waals surface area (Å²) in [5, 5.41) is 2.73. The predicted octanol–water partition coefficient (Wildman–Crippen LogP) is 5.44. The molecule has 6 nitrogen and oxygen atoms in total. The molecule has 2 aromatic carbocycles. The topological polar surface area (TPSA) is 71.9 Å². The molecule has 4 rings (SSSR count). The normalized spacial score (nSPS) is 14.5. The van der Waals surface area contributed by atoms with Crippen LogP contribution in [-0.4, -0.2) is 22.8 Å². The second-order valence-corrected chi connectivity index (χ2v) is 8.37. The van der Waals surface area contributed by atoms with Crippen molar-refractivity contribution in [3.63, 3.8) is 0 Å². The largest absolute Gasteiger partial charge is 0.402 e. The van der Waals surface area contributed by atoms with E-state index in [-0.39, 0.29) is 17.5 Å². The minimum atomic E-state index is -0.540. The molecule has 1 aromatic heterocycles. The number of thiazole rings is 1. The zero-order valence-corrected chi connectivity index (χ0v) is 18.6. The number of rotatable bonds is 4. The van der Waals surface area contributed by atoms with Crippen LogP contribution in [0.25, 0.3) is 6.08 Å². The number of hydrogen-bond acceptors (Lipinski definition) is 6. The van der Waals surface area contributed by atoms with Gasteiger partial charge in [0.15, 0.2) is 10.8 Å². The van der Waals surface area contributed by atoms with Crippen molar-refractivity contribution in [3.05, 3.63) is 80.9 Å². The number of carbonyl (C=O) groups excluding carboxylic acids is 2. The van der Waals surface area contributed by atoms with E-state index in [0.717, 1.165) is 16.7 Å². The fourth-order valence-corrected chi connectivity index (χ4v) is 4.29. The number of nitrogens with zero attached hydrogens (tertiary/aromatic N) is 3. The Labute approximate surface area is 188 Å². The number of aliphatic imine (C=N–C) groups is 1. The first-order valence-electron chi connectivity index (χ1n) is 9.43. The Morgan fingerprint density at radius 3 is 2.58 bits per heavy atom.